The Kier molecular flexibility index (Phi) is 5.50. The highest BCUT2D eigenvalue weighted by atomic mass is 79.9. The minimum atomic E-state index is -4.41. The predicted octanol–water partition coefficient (Wildman–Crippen LogP) is 4.55. The van der Waals surface area contributed by atoms with Crippen molar-refractivity contribution in [2.24, 2.45) is 0 Å². The predicted molar refractivity (Wildman–Crippen MR) is 92.9 cm³/mol. The molecule has 2 heterocycles. The van der Waals surface area contributed by atoms with Crippen molar-refractivity contribution >= 4 is 21.8 Å². The van der Waals surface area contributed by atoms with E-state index in [4.69, 9.17) is 4.74 Å². The molecule has 0 spiro atoms. The maximum absolute atomic E-state index is 12.6. The van der Waals surface area contributed by atoms with Gasteiger partial charge in [0.05, 0.1) is 11.1 Å². The molecule has 0 N–H and O–H groups in total. The molecule has 1 fully saturated rings. The fourth-order valence-electron chi connectivity index (χ4n) is 2.77. The maximum Gasteiger partial charge on any atom is 0.417 e. The largest absolute Gasteiger partial charge is 0.474 e. The maximum atomic E-state index is 12.6. The van der Waals surface area contributed by atoms with Crippen molar-refractivity contribution in [2.75, 3.05) is 13.1 Å². The van der Waals surface area contributed by atoms with Crippen LogP contribution in [0.4, 0.5) is 13.2 Å². The van der Waals surface area contributed by atoms with Gasteiger partial charge in [-0.15, -0.1) is 0 Å². The molecule has 0 radical (unpaired) electrons. The number of hydrogen-bond acceptors (Lipinski definition) is 3. The van der Waals surface area contributed by atoms with E-state index in [2.05, 4.69) is 20.9 Å². The van der Waals surface area contributed by atoms with Gasteiger partial charge in [-0.2, -0.15) is 13.2 Å². The van der Waals surface area contributed by atoms with Crippen molar-refractivity contribution in [3.63, 3.8) is 0 Å². The topological polar surface area (TPSA) is 42.4 Å². The van der Waals surface area contributed by atoms with Crippen molar-refractivity contribution in [1.29, 1.82) is 0 Å². The lowest BCUT2D eigenvalue weighted by atomic mass is 10.1. The second-order valence-electron chi connectivity index (χ2n) is 5.97. The highest BCUT2D eigenvalue weighted by molar-refractivity contribution is 9.10. The van der Waals surface area contributed by atoms with E-state index in [0.717, 1.165) is 16.7 Å². The van der Waals surface area contributed by atoms with Crippen LogP contribution < -0.4 is 4.74 Å². The molecule has 0 aliphatic carbocycles. The smallest absolute Gasteiger partial charge is 0.417 e. The first-order valence-electron chi connectivity index (χ1n) is 8.08. The highest BCUT2D eigenvalue weighted by Crippen LogP contribution is 2.29. The number of amides is 1. The van der Waals surface area contributed by atoms with Crippen molar-refractivity contribution < 1.29 is 22.7 Å². The number of halogens is 4. The van der Waals surface area contributed by atoms with Crippen LogP contribution in [0.5, 0.6) is 5.88 Å². The van der Waals surface area contributed by atoms with Crippen LogP contribution >= 0.6 is 15.9 Å². The third-order valence-electron chi connectivity index (χ3n) is 4.18. The molecule has 0 saturated carbocycles. The average molecular weight is 429 g/mol. The molecule has 1 aromatic carbocycles. The molecule has 1 aromatic heterocycles. The zero-order valence-electron chi connectivity index (χ0n) is 13.7. The standard InChI is InChI=1S/C18H16BrF3N2O2/c19-15-4-2-1-3-14(15)17(25)24-9-7-13(8-10-24)26-16-6-5-12(11-23-16)18(20,21)22/h1-6,11,13H,7-10H2. The van der Waals surface area contributed by atoms with Gasteiger partial charge in [0.1, 0.15) is 6.10 Å². The Morgan fingerprint density at radius 3 is 2.42 bits per heavy atom. The molecule has 1 aliphatic rings. The number of benzene rings is 1. The molecule has 0 unspecified atom stereocenters. The molecule has 0 bridgehead atoms. The van der Waals surface area contributed by atoms with Crippen LogP contribution in [0.2, 0.25) is 0 Å². The van der Waals surface area contributed by atoms with Gasteiger partial charge >= 0.3 is 6.18 Å². The van der Waals surface area contributed by atoms with Crippen LogP contribution in [0.1, 0.15) is 28.8 Å². The summed E-state index contributed by atoms with van der Waals surface area (Å²) in [6.07, 6.45) is -2.63. The van der Waals surface area contributed by atoms with E-state index < -0.39 is 11.7 Å². The summed E-state index contributed by atoms with van der Waals surface area (Å²) < 4.78 is 44.0. The molecular weight excluding hydrogens is 413 g/mol. The Hall–Kier alpha value is -2.09. The summed E-state index contributed by atoms with van der Waals surface area (Å²) in [6, 6.07) is 9.41. The lowest BCUT2D eigenvalue weighted by Gasteiger charge is -2.32. The molecule has 1 aliphatic heterocycles. The van der Waals surface area contributed by atoms with E-state index in [0.29, 0.717) is 31.5 Å². The number of nitrogens with zero attached hydrogens (tertiary/aromatic N) is 2. The first-order chi connectivity index (χ1) is 12.3. The van der Waals surface area contributed by atoms with E-state index in [1.165, 1.54) is 6.07 Å². The van der Waals surface area contributed by atoms with Gasteiger partial charge in [0.15, 0.2) is 0 Å². The number of carbonyl (C=O) groups excluding carboxylic acids is 1. The van der Waals surface area contributed by atoms with Gasteiger partial charge < -0.3 is 9.64 Å². The first-order valence-corrected chi connectivity index (χ1v) is 8.87. The lowest BCUT2D eigenvalue weighted by molar-refractivity contribution is -0.137. The average Bonchev–Trinajstić information content (AvgIpc) is 2.62. The van der Waals surface area contributed by atoms with Gasteiger partial charge in [-0.3, -0.25) is 4.79 Å². The SMILES string of the molecule is O=C(c1ccccc1Br)N1CCC(Oc2ccc(C(F)(F)F)cn2)CC1. The summed E-state index contributed by atoms with van der Waals surface area (Å²) in [5.41, 5.74) is -0.199. The van der Waals surface area contributed by atoms with Crippen LogP contribution in [0, 0.1) is 0 Å². The summed E-state index contributed by atoms with van der Waals surface area (Å²) in [5, 5.41) is 0. The van der Waals surface area contributed by atoms with E-state index in [-0.39, 0.29) is 17.9 Å². The number of likely N-dealkylation sites (tertiary alicyclic amines) is 1. The van der Waals surface area contributed by atoms with E-state index in [1.54, 1.807) is 11.0 Å². The summed E-state index contributed by atoms with van der Waals surface area (Å²) in [7, 11) is 0. The van der Waals surface area contributed by atoms with Crippen LogP contribution in [0.15, 0.2) is 47.1 Å². The van der Waals surface area contributed by atoms with Crippen molar-refractivity contribution in [2.45, 2.75) is 25.1 Å². The number of pyridine rings is 1. The van der Waals surface area contributed by atoms with Gasteiger partial charge in [0, 0.05) is 42.7 Å². The van der Waals surface area contributed by atoms with Crippen LogP contribution in [0.25, 0.3) is 0 Å². The Morgan fingerprint density at radius 2 is 1.85 bits per heavy atom. The lowest BCUT2D eigenvalue weighted by Crippen LogP contribution is -2.42. The number of carbonyl (C=O) groups is 1. The summed E-state index contributed by atoms with van der Waals surface area (Å²) in [6.45, 7) is 1.04. The van der Waals surface area contributed by atoms with E-state index >= 15 is 0 Å². The number of alkyl halides is 3. The zero-order chi connectivity index (χ0) is 18.7. The van der Waals surface area contributed by atoms with Crippen molar-refractivity contribution in [1.82, 2.24) is 9.88 Å². The fraction of sp³-hybridized carbons (Fsp3) is 0.333. The van der Waals surface area contributed by atoms with E-state index in [1.807, 2.05) is 18.2 Å². The van der Waals surface area contributed by atoms with Gasteiger partial charge in [0.2, 0.25) is 5.88 Å². The number of hydrogen-bond donors (Lipinski definition) is 0. The summed E-state index contributed by atoms with van der Waals surface area (Å²) in [5.74, 6) is 0.108. The molecule has 138 valence electrons. The Balaban J connectivity index is 1.56. The van der Waals surface area contributed by atoms with Gasteiger partial charge in [0.25, 0.3) is 5.91 Å². The molecule has 26 heavy (non-hydrogen) atoms. The molecule has 8 heteroatoms. The first kappa shape index (κ1) is 18.7. The minimum Gasteiger partial charge on any atom is -0.474 e. The van der Waals surface area contributed by atoms with Crippen LogP contribution in [0.3, 0.4) is 0 Å². The quantitative estimate of drug-likeness (QED) is 0.720. The van der Waals surface area contributed by atoms with Crippen LogP contribution in [-0.4, -0.2) is 35.0 Å². The minimum absolute atomic E-state index is 0.0522. The number of ether oxygens (including phenoxy) is 1. The van der Waals surface area contributed by atoms with E-state index in [9.17, 15) is 18.0 Å². The monoisotopic (exact) mass is 428 g/mol. The molecule has 1 amide bonds. The van der Waals surface area contributed by atoms with Gasteiger partial charge in [-0.1, -0.05) is 12.1 Å². The Labute approximate surface area is 157 Å². The molecular formula is C18H16BrF3N2O2. The number of aromatic nitrogens is 1. The highest BCUT2D eigenvalue weighted by Gasteiger charge is 2.31. The summed E-state index contributed by atoms with van der Waals surface area (Å²) >= 11 is 3.38. The molecule has 2 aromatic rings. The molecule has 0 atom stereocenters. The third kappa shape index (κ3) is 4.35. The molecule has 4 nitrogen and oxygen atoms in total. The third-order valence-corrected chi connectivity index (χ3v) is 4.88. The number of piperidine rings is 1. The fourth-order valence-corrected chi connectivity index (χ4v) is 3.22. The normalized spacial score (nSPS) is 15.8. The zero-order valence-corrected chi connectivity index (χ0v) is 15.3. The second-order valence-corrected chi connectivity index (χ2v) is 6.83. The Bertz CT molecular complexity index is 773. The Morgan fingerprint density at radius 1 is 1.15 bits per heavy atom. The van der Waals surface area contributed by atoms with Gasteiger partial charge in [-0.25, -0.2) is 4.98 Å². The van der Waals surface area contributed by atoms with Crippen LogP contribution in [-0.2, 0) is 6.18 Å². The van der Waals surface area contributed by atoms with Crippen molar-refractivity contribution in [3.05, 3.63) is 58.2 Å². The summed E-state index contributed by atoms with van der Waals surface area (Å²) in [4.78, 5) is 18.0. The number of rotatable bonds is 3. The molecule has 3 rings (SSSR count). The molecule has 1 saturated heterocycles. The van der Waals surface area contributed by atoms with Crippen molar-refractivity contribution in [3.8, 4) is 5.88 Å². The van der Waals surface area contributed by atoms with Gasteiger partial charge in [-0.05, 0) is 34.1 Å². The second kappa shape index (κ2) is 7.65.